The molecule has 0 radical (unpaired) electrons. The molecule has 1 unspecified atom stereocenters. The number of benzene rings is 1. The van der Waals surface area contributed by atoms with Gasteiger partial charge in [-0.2, -0.15) is 0 Å². The second-order valence-electron chi connectivity index (χ2n) is 4.26. The zero-order valence-corrected chi connectivity index (χ0v) is 10.6. The molecule has 1 aliphatic rings. The lowest BCUT2D eigenvalue weighted by atomic mass is 10.1. The van der Waals surface area contributed by atoms with Crippen LogP contribution in [-0.2, 0) is 9.59 Å². The van der Waals surface area contributed by atoms with E-state index < -0.39 is 0 Å². The monoisotopic (exact) mass is 247 g/mol. The van der Waals surface area contributed by atoms with Crippen molar-refractivity contribution in [3.8, 4) is 0 Å². The van der Waals surface area contributed by atoms with Gasteiger partial charge in [0.05, 0.1) is 17.9 Å². The summed E-state index contributed by atoms with van der Waals surface area (Å²) in [6, 6.07) is 7.14. The number of hydrogen-bond donors (Lipinski definition) is 2. The molecule has 1 aromatic rings. The quantitative estimate of drug-likeness (QED) is 0.836. The average Bonchev–Trinajstić information content (AvgIpc) is 2.37. The number of fused-ring (bicyclic) bond motifs is 1. The van der Waals surface area contributed by atoms with Gasteiger partial charge in [-0.15, -0.1) is 0 Å². The van der Waals surface area contributed by atoms with Gasteiger partial charge in [-0.1, -0.05) is 12.1 Å². The highest BCUT2D eigenvalue weighted by atomic mass is 16.2. The third-order valence-corrected chi connectivity index (χ3v) is 3.00. The number of nitrogens with one attached hydrogen (secondary N) is 2. The standard InChI is InChI=1S/C13H17N3O2/c1-3-14-13(18)9(2)16-8-12(17)15-10-6-4-5-7-11(10)16/h4-7,9H,3,8H2,1-2H3,(H,14,18)(H,15,17). The van der Waals surface area contributed by atoms with Gasteiger partial charge in [0.2, 0.25) is 11.8 Å². The Hall–Kier alpha value is -2.04. The Labute approximate surface area is 106 Å². The summed E-state index contributed by atoms with van der Waals surface area (Å²) < 4.78 is 0. The fraction of sp³-hybridized carbons (Fsp3) is 0.385. The van der Waals surface area contributed by atoms with Crippen molar-refractivity contribution in [2.24, 2.45) is 0 Å². The molecule has 2 amide bonds. The van der Waals surface area contributed by atoms with E-state index in [1.165, 1.54) is 0 Å². The number of carbonyl (C=O) groups is 2. The van der Waals surface area contributed by atoms with Crippen molar-refractivity contribution in [2.75, 3.05) is 23.3 Å². The molecule has 2 N–H and O–H groups in total. The fourth-order valence-electron chi connectivity index (χ4n) is 2.07. The first-order chi connectivity index (χ1) is 8.63. The van der Waals surface area contributed by atoms with Crippen molar-refractivity contribution in [1.29, 1.82) is 0 Å². The summed E-state index contributed by atoms with van der Waals surface area (Å²) >= 11 is 0. The Morgan fingerprint density at radius 1 is 1.50 bits per heavy atom. The maximum absolute atomic E-state index is 11.9. The van der Waals surface area contributed by atoms with E-state index in [1.54, 1.807) is 6.92 Å². The predicted molar refractivity (Wildman–Crippen MR) is 70.6 cm³/mol. The SMILES string of the molecule is CCNC(=O)C(C)N1CC(=O)Nc2ccccc21. The fourth-order valence-corrected chi connectivity index (χ4v) is 2.07. The molecule has 0 aromatic heterocycles. The Balaban J connectivity index is 2.28. The van der Waals surface area contributed by atoms with Crippen LogP contribution in [0.2, 0.25) is 0 Å². The molecule has 0 bridgehead atoms. The predicted octanol–water partition coefficient (Wildman–Crippen LogP) is 0.970. The molecule has 0 saturated heterocycles. The van der Waals surface area contributed by atoms with E-state index in [4.69, 9.17) is 0 Å². The van der Waals surface area contributed by atoms with Gasteiger partial charge in [0.1, 0.15) is 6.04 Å². The molecule has 0 fully saturated rings. The summed E-state index contributed by atoms with van der Waals surface area (Å²) in [5.41, 5.74) is 1.64. The highest BCUT2D eigenvalue weighted by Gasteiger charge is 2.28. The lowest BCUT2D eigenvalue weighted by Crippen LogP contribution is -2.50. The Bertz CT molecular complexity index is 473. The summed E-state index contributed by atoms with van der Waals surface area (Å²) in [5, 5.41) is 5.58. The number of para-hydroxylation sites is 2. The van der Waals surface area contributed by atoms with E-state index in [2.05, 4.69) is 10.6 Å². The van der Waals surface area contributed by atoms with Crippen LogP contribution < -0.4 is 15.5 Å². The van der Waals surface area contributed by atoms with Crippen LogP contribution in [0.4, 0.5) is 11.4 Å². The first-order valence-electron chi connectivity index (χ1n) is 6.06. The van der Waals surface area contributed by atoms with Crippen LogP contribution in [0.1, 0.15) is 13.8 Å². The molecule has 5 heteroatoms. The molecule has 0 aliphatic carbocycles. The molecule has 1 aliphatic heterocycles. The normalized spacial score (nSPS) is 15.7. The van der Waals surface area contributed by atoms with Crippen LogP contribution in [0.25, 0.3) is 0 Å². The van der Waals surface area contributed by atoms with Crippen LogP contribution in [0, 0.1) is 0 Å². The van der Waals surface area contributed by atoms with Crippen LogP contribution in [0.15, 0.2) is 24.3 Å². The Kier molecular flexibility index (Phi) is 3.50. The number of anilines is 2. The van der Waals surface area contributed by atoms with Gasteiger partial charge in [0.25, 0.3) is 0 Å². The van der Waals surface area contributed by atoms with Gasteiger partial charge in [-0.05, 0) is 26.0 Å². The molecule has 1 aromatic carbocycles. The first-order valence-corrected chi connectivity index (χ1v) is 6.06. The van der Waals surface area contributed by atoms with Gasteiger partial charge in [0, 0.05) is 6.54 Å². The molecular formula is C13H17N3O2. The minimum atomic E-state index is -0.364. The first kappa shape index (κ1) is 12.4. The number of nitrogens with zero attached hydrogens (tertiary/aromatic N) is 1. The van der Waals surface area contributed by atoms with Crippen molar-refractivity contribution in [1.82, 2.24) is 5.32 Å². The topological polar surface area (TPSA) is 61.4 Å². The molecule has 18 heavy (non-hydrogen) atoms. The summed E-state index contributed by atoms with van der Waals surface area (Å²) in [4.78, 5) is 25.3. The van der Waals surface area contributed by atoms with Crippen LogP contribution >= 0.6 is 0 Å². The zero-order chi connectivity index (χ0) is 13.1. The van der Waals surface area contributed by atoms with Crippen molar-refractivity contribution < 1.29 is 9.59 Å². The van der Waals surface area contributed by atoms with Gasteiger partial charge >= 0.3 is 0 Å². The maximum atomic E-state index is 11.9. The summed E-state index contributed by atoms with van der Waals surface area (Å²) in [6.07, 6.45) is 0. The van der Waals surface area contributed by atoms with Crippen molar-refractivity contribution in [2.45, 2.75) is 19.9 Å². The van der Waals surface area contributed by atoms with Crippen LogP contribution in [0.5, 0.6) is 0 Å². The summed E-state index contributed by atoms with van der Waals surface area (Å²) in [6.45, 7) is 4.47. The molecule has 96 valence electrons. The number of rotatable bonds is 3. The second kappa shape index (κ2) is 5.08. The van der Waals surface area contributed by atoms with E-state index in [-0.39, 0.29) is 24.4 Å². The smallest absolute Gasteiger partial charge is 0.243 e. The minimum absolute atomic E-state index is 0.0676. The van der Waals surface area contributed by atoms with E-state index in [0.717, 1.165) is 11.4 Å². The molecule has 5 nitrogen and oxygen atoms in total. The number of likely N-dealkylation sites (N-methyl/N-ethyl adjacent to an activating group) is 1. The highest BCUT2D eigenvalue weighted by molar-refractivity contribution is 6.03. The molecule has 1 atom stereocenters. The van der Waals surface area contributed by atoms with E-state index in [9.17, 15) is 9.59 Å². The number of amides is 2. The maximum Gasteiger partial charge on any atom is 0.243 e. The van der Waals surface area contributed by atoms with Gasteiger partial charge in [0.15, 0.2) is 0 Å². The zero-order valence-electron chi connectivity index (χ0n) is 10.6. The Morgan fingerprint density at radius 3 is 2.94 bits per heavy atom. The average molecular weight is 247 g/mol. The summed E-state index contributed by atoms with van der Waals surface area (Å²) in [7, 11) is 0. The van der Waals surface area contributed by atoms with Crippen molar-refractivity contribution in [3.63, 3.8) is 0 Å². The molecule has 0 saturated carbocycles. The van der Waals surface area contributed by atoms with Gasteiger partial charge in [-0.25, -0.2) is 0 Å². The van der Waals surface area contributed by atoms with Crippen molar-refractivity contribution in [3.05, 3.63) is 24.3 Å². The van der Waals surface area contributed by atoms with Gasteiger partial charge < -0.3 is 15.5 Å². The lowest BCUT2D eigenvalue weighted by Gasteiger charge is -2.34. The van der Waals surface area contributed by atoms with Crippen LogP contribution in [0.3, 0.4) is 0 Å². The molecular weight excluding hydrogens is 230 g/mol. The summed E-state index contributed by atoms with van der Waals surface area (Å²) in [5.74, 6) is -0.160. The van der Waals surface area contributed by atoms with Crippen molar-refractivity contribution >= 4 is 23.2 Å². The minimum Gasteiger partial charge on any atom is -0.355 e. The largest absolute Gasteiger partial charge is 0.355 e. The third kappa shape index (κ3) is 2.30. The van der Waals surface area contributed by atoms with Gasteiger partial charge in [-0.3, -0.25) is 9.59 Å². The third-order valence-electron chi connectivity index (χ3n) is 3.00. The molecule has 0 spiro atoms. The van der Waals surface area contributed by atoms with Crippen LogP contribution in [-0.4, -0.2) is 30.9 Å². The highest BCUT2D eigenvalue weighted by Crippen LogP contribution is 2.30. The Morgan fingerprint density at radius 2 is 2.22 bits per heavy atom. The number of carbonyl (C=O) groups excluding carboxylic acids is 2. The van der Waals surface area contributed by atoms with E-state index in [0.29, 0.717) is 6.54 Å². The number of hydrogen-bond acceptors (Lipinski definition) is 3. The van der Waals surface area contributed by atoms with E-state index in [1.807, 2.05) is 36.1 Å². The second-order valence-corrected chi connectivity index (χ2v) is 4.26. The molecule has 1 heterocycles. The lowest BCUT2D eigenvalue weighted by molar-refractivity contribution is -0.122. The molecule has 2 rings (SSSR count). The van der Waals surface area contributed by atoms with E-state index >= 15 is 0 Å².